The fourth-order valence-corrected chi connectivity index (χ4v) is 4.18. The van der Waals surface area contributed by atoms with Crippen LogP contribution in [0, 0.1) is 0 Å². The van der Waals surface area contributed by atoms with Crippen molar-refractivity contribution < 1.29 is 9.26 Å². The number of hydrogen-bond acceptors (Lipinski definition) is 9. The predicted molar refractivity (Wildman–Crippen MR) is 114 cm³/mol. The smallest absolute Gasteiger partial charge is 0.232 e. The summed E-state index contributed by atoms with van der Waals surface area (Å²) in [5.41, 5.74) is 2.18. The van der Waals surface area contributed by atoms with Crippen molar-refractivity contribution in [3.05, 3.63) is 36.2 Å². The van der Waals surface area contributed by atoms with Gasteiger partial charge in [0.15, 0.2) is 5.82 Å². The molecule has 2 aliphatic heterocycles. The molecular formula is C21H27N7O2. The second-order valence-corrected chi connectivity index (χ2v) is 8.17. The third-order valence-corrected chi connectivity index (χ3v) is 5.89. The van der Waals surface area contributed by atoms with E-state index in [1.807, 2.05) is 19.0 Å². The number of rotatable bonds is 5. The SMILES string of the molecule is CN(C)c1ncnc2ccc(N3CCN(Cc4noc(C5CCOC5)n4)CC3)cc12. The largest absolute Gasteiger partial charge is 0.381 e. The van der Waals surface area contributed by atoms with Crippen LogP contribution in [0.2, 0.25) is 0 Å². The lowest BCUT2D eigenvalue weighted by atomic mass is 10.1. The summed E-state index contributed by atoms with van der Waals surface area (Å²) < 4.78 is 10.9. The lowest BCUT2D eigenvalue weighted by molar-refractivity contribution is 0.189. The van der Waals surface area contributed by atoms with E-state index >= 15 is 0 Å². The van der Waals surface area contributed by atoms with Crippen LogP contribution in [0.5, 0.6) is 0 Å². The summed E-state index contributed by atoms with van der Waals surface area (Å²) in [4.78, 5) is 20.3. The zero-order chi connectivity index (χ0) is 20.5. The summed E-state index contributed by atoms with van der Waals surface area (Å²) in [6.45, 7) is 6.02. The number of ether oxygens (including phenoxy) is 1. The third-order valence-electron chi connectivity index (χ3n) is 5.89. The maximum absolute atomic E-state index is 5.46. The normalized spacial score (nSPS) is 20.2. The number of benzene rings is 1. The van der Waals surface area contributed by atoms with E-state index in [9.17, 15) is 0 Å². The second kappa shape index (κ2) is 8.16. The van der Waals surface area contributed by atoms with Crippen LogP contribution in [0.15, 0.2) is 29.0 Å². The first-order valence-corrected chi connectivity index (χ1v) is 10.5. The molecule has 1 atom stereocenters. The fourth-order valence-electron chi connectivity index (χ4n) is 4.18. The zero-order valence-corrected chi connectivity index (χ0v) is 17.5. The van der Waals surface area contributed by atoms with Crippen LogP contribution in [0.25, 0.3) is 10.9 Å². The first-order chi connectivity index (χ1) is 14.7. The Hall–Kier alpha value is -2.78. The van der Waals surface area contributed by atoms with Gasteiger partial charge >= 0.3 is 0 Å². The average molecular weight is 409 g/mol. The molecule has 2 fully saturated rings. The van der Waals surface area contributed by atoms with Crippen molar-refractivity contribution in [1.82, 2.24) is 25.0 Å². The van der Waals surface area contributed by atoms with Crippen molar-refractivity contribution in [3.8, 4) is 0 Å². The third kappa shape index (κ3) is 3.82. The predicted octanol–water partition coefficient (Wildman–Crippen LogP) is 1.90. The minimum atomic E-state index is 0.257. The van der Waals surface area contributed by atoms with Gasteiger partial charge in [-0.1, -0.05) is 5.16 Å². The molecule has 5 rings (SSSR count). The minimum absolute atomic E-state index is 0.257. The highest BCUT2D eigenvalue weighted by atomic mass is 16.5. The van der Waals surface area contributed by atoms with Crippen LogP contribution < -0.4 is 9.80 Å². The molecule has 0 spiro atoms. The summed E-state index contributed by atoms with van der Waals surface area (Å²) in [6.07, 6.45) is 2.59. The Labute approximate surface area is 175 Å². The molecule has 3 aromatic rings. The van der Waals surface area contributed by atoms with E-state index < -0.39 is 0 Å². The highest BCUT2D eigenvalue weighted by Crippen LogP contribution is 2.27. The van der Waals surface area contributed by atoms with Gasteiger partial charge < -0.3 is 19.1 Å². The Bertz CT molecular complexity index is 1010. The molecule has 0 aliphatic carbocycles. The molecule has 2 aromatic heterocycles. The van der Waals surface area contributed by atoms with Gasteiger partial charge in [-0.2, -0.15) is 4.98 Å². The number of aromatic nitrogens is 4. The Morgan fingerprint density at radius 1 is 1.13 bits per heavy atom. The average Bonchev–Trinajstić information content (AvgIpc) is 3.45. The summed E-state index contributed by atoms with van der Waals surface area (Å²) in [5, 5.41) is 5.26. The topological polar surface area (TPSA) is 83.7 Å². The number of piperazine rings is 1. The van der Waals surface area contributed by atoms with Gasteiger partial charge in [0, 0.05) is 58.0 Å². The van der Waals surface area contributed by atoms with E-state index in [-0.39, 0.29) is 5.92 Å². The van der Waals surface area contributed by atoms with Gasteiger partial charge in [-0.3, -0.25) is 4.90 Å². The van der Waals surface area contributed by atoms with Crippen LogP contribution in [0.1, 0.15) is 24.1 Å². The standard InChI is InChI=1S/C21H27N7O2/c1-26(2)20-17-11-16(3-4-18(17)22-14-23-20)28-8-6-27(7-9-28)12-19-24-21(30-25-19)15-5-10-29-13-15/h3-4,11,14-15H,5-10,12-13H2,1-2H3. The van der Waals surface area contributed by atoms with Crippen LogP contribution in [-0.2, 0) is 11.3 Å². The molecule has 0 bridgehead atoms. The van der Waals surface area contributed by atoms with Crippen LogP contribution in [0.4, 0.5) is 11.5 Å². The van der Waals surface area contributed by atoms with Crippen molar-refractivity contribution in [3.63, 3.8) is 0 Å². The molecule has 0 N–H and O–H groups in total. The van der Waals surface area contributed by atoms with Crippen molar-refractivity contribution in [2.24, 2.45) is 0 Å². The molecule has 0 saturated carbocycles. The van der Waals surface area contributed by atoms with E-state index in [4.69, 9.17) is 9.26 Å². The maximum Gasteiger partial charge on any atom is 0.232 e. The molecule has 9 nitrogen and oxygen atoms in total. The van der Waals surface area contributed by atoms with Gasteiger partial charge in [-0.15, -0.1) is 0 Å². The lowest BCUT2D eigenvalue weighted by Crippen LogP contribution is -2.46. The first kappa shape index (κ1) is 19.2. The van der Waals surface area contributed by atoms with E-state index in [0.29, 0.717) is 6.61 Å². The van der Waals surface area contributed by atoms with E-state index in [2.05, 4.69) is 48.1 Å². The van der Waals surface area contributed by atoms with Crippen molar-refractivity contribution in [1.29, 1.82) is 0 Å². The number of fused-ring (bicyclic) bond motifs is 1. The molecule has 9 heteroatoms. The maximum atomic E-state index is 5.46. The minimum Gasteiger partial charge on any atom is -0.381 e. The molecule has 2 saturated heterocycles. The number of hydrogen-bond donors (Lipinski definition) is 0. The van der Waals surface area contributed by atoms with E-state index in [0.717, 1.165) is 74.2 Å². The summed E-state index contributed by atoms with van der Waals surface area (Å²) >= 11 is 0. The molecule has 158 valence electrons. The van der Waals surface area contributed by atoms with Crippen LogP contribution in [-0.4, -0.2) is 78.5 Å². The summed E-state index contributed by atoms with van der Waals surface area (Å²) in [7, 11) is 4.02. The molecule has 0 amide bonds. The van der Waals surface area contributed by atoms with Gasteiger partial charge in [-0.25, -0.2) is 9.97 Å². The Morgan fingerprint density at radius 3 is 2.77 bits per heavy atom. The Balaban J connectivity index is 1.23. The highest BCUT2D eigenvalue weighted by Gasteiger charge is 2.25. The van der Waals surface area contributed by atoms with Gasteiger partial charge in [0.1, 0.15) is 12.1 Å². The first-order valence-electron chi connectivity index (χ1n) is 10.5. The van der Waals surface area contributed by atoms with Crippen LogP contribution >= 0.6 is 0 Å². The monoisotopic (exact) mass is 409 g/mol. The van der Waals surface area contributed by atoms with E-state index in [1.165, 1.54) is 5.69 Å². The Morgan fingerprint density at radius 2 is 2.00 bits per heavy atom. The van der Waals surface area contributed by atoms with Crippen molar-refractivity contribution in [2.45, 2.75) is 18.9 Å². The van der Waals surface area contributed by atoms with Gasteiger partial charge in [0.25, 0.3) is 0 Å². The quantitative estimate of drug-likeness (QED) is 0.627. The number of anilines is 2. The summed E-state index contributed by atoms with van der Waals surface area (Å²) in [5.74, 6) is 2.69. The lowest BCUT2D eigenvalue weighted by Gasteiger charge is -2.35. The zero-order valence-electron chi connectivity index (χ0n) is 17.5. The Kier molecular flexibility index (Phi) is 5.22. The van der Waals surface area contributed by atoms with Crippen molar-refractivity contribution in [2.75, 3.05) is 63.3 Å². The molecule has 0 radical (unpaired) electrons. The van der Waals surface area contributed by atoms with E-state index in [1.54, 1.807) is 6.33 Å². The molecule has 4 heterocycles. The van der Waals surface area contributed by atoms with Crippen molar-refractivity contribution >= 4 is 22.4 Å². The molecule has 2 aliphatic rings. The second-order valence-electron chi connectivity index (χ2n) is 8.17. The molecule has 1 unspecified atom stereocenters. The van der Waals surface area contributed by atoms with Crippen LogP contribution in [0.3, 0.4) is 0 Å². The molecule has 1 aromatic carbocycles. The fraction of sp³-hybridized carbons (Fsp3) is 0.524. The van der Waals surface area contributed by atoms with Gasteiger partial charge in [0.2, 0.25) is 5.89 Å². The molecular weight excluding hydrogens is 382 g/mol. The highest BCUT2D eigenvalue weighted by molar-refractivity contribution is 5.91. The summed E-state index contributed by atoms with van der Waals surface area (Å²) in [6, 6.07) is 6.44. The number of nitrogens with zero attached hydrogens (tertiary/aromatic N) is 7. The molecule has 30 heavy (non-hydrogen) atoms. The van der Waals surface area contributed by atoms with Gasteiger partial charge in [-0.05, 0) is 24.6 Å². The van der Waals surface area contributed by atoms with Gasteiger partial charge in [0.05, 0.1) is 24.6 Å².